The highest BCUT2D eigenvalue weighted by atomic mass is 35.5. The van der Waals surface area contributed by atoms with Crippen LogP contribution in [0.2, 0.25) is 0 Å². The monoisotopic (exact) mass is 425 g/mol. The van der Waals surface area contributed by atoms with Crippen LogP contribution in [0.15, 0.2) is 53.4 Å². The van der Waals surface area contributed by atoms with Crippen molar-refractivity contribution in [3.05, 3.63) is 54.1 Å². The number of halogens is 1. The van der Waals surface area contributed by atoms with Gasteiger partial charge < -0.3 is 15.4 Å². The summed E-state index contributed by atoms with van der Waals surface area (Å²) < 4.78 is 32.9. The number of rotatable bonds is 6. The van der Waals surface area contributed by atoms with E-state index in [0.717, 1.165) is 19.4 Å². The summed E-state index contributed by atoms with van der Waals surface area (Å²) in [5.74, 6) is 0.270. The molecule has 28 heavy (non-hydrogen) atoms. The number of nitrogens with one attached hydrogen (secondary N) is 3. The Morgan fingerprint density at radius 3 is 2.50 bits per heavy atom. The fraction of sp³-hybridized carbons (Fsp3) is 0.316. The van der Waals surface area contributed by atoms with Gasteiger partial charge in [-0.05, 0) is 55.8 Å². The summed E-state index contributed by atoms with van der Waals surface area (Å²) in [6.07, 6.45) is 1.90. The van der Waals surface area contributed by atoms with Gasteiger partial charge in [-0.1, -0.05) is 12.1 Å². The van der Waals surface area contributed by atoms with Crippen LogP contribution in [0.5, 0.6) is 5.75 Å². The number of sulfonamides is 1. The van der Waals surface area contributed by atoms with E-state index in [2.05, 4.69) is 15.4 Å². The lowest BCUT2D eigenvalue weighted by atomic mass is 10.1. The van der Waals surface area contributed by atoms with Gasteiger partial charge in [-0.3, -0.25) is 9.52 Å². The van der Waals surface area contributed by atoms with Crippen LogP contribution in [-0.2, 0) is 10.0 Å². The second-order valence-corrected chi connectivity index (χ2v) is 8.03. The Morgan fingerprint density at radius 1 is 1.14 bits per heavy atom. The van der Waals surface area contributed by atoms with Gasteiger partial charge in [0.1, 0.15) is 5.75 Å². The maximum Gasteiger partial charge on any atom is 0.261 e. The molecule has 1 amide bonds. The number of hydrogen-bond donors (Lipinski definition) is 3. The van der Waals surface area contributed by atoms with E-state index in [1.165, 1.54) is 19.2 Å². The molecule has 9 heteroatoms. The van der Waals surface area contributed by atoms with E-state index in [1.807, 2.05) is 0 Å². The number of methoxy groups -OCH3 is 1. The first-order chi connectivity index (χ1) is 13.0. The highest BCUT2D eigenvalue weighted by Gasteiger charge is 2.21. The number of para-hydroxylation sites is 1. The van der Waals surface area contributed by atoms with Crippen LogP contribution in [0, 0.1) is 0 Å². The minimum absolute atomic E-state index is 0. The van der Waals surface area contributed by atoms with Crippen LogP contribution < -0.4 is 20.1 Å². The predicted octanol–water partition coefficient (Wildman–Crippen LogP) is 2.40. The largest absolute Gasteiger partial charge is 0.497 e. The maximum atomic E-state index is 12.7. The molecule has 2 aromatic carbocycles. The Bertz CT molecular complexity index is 898. The number of anilines is 1. The van der Waals surface area contributed by atoms with Gasteiger partial charge in [0, 0.05) is 12.6 Å². The minimum Gasteiger partial charge on any atom is -0.497 e. The van der Waals surface area contributed by atoms with Gasteiger partial charge in [-0.25, -0.2) is 8.42 Å². The van der Waals surface area contributed by atoms with Crippen LogP contribution in [-0.4, -0.2) is 40.6 Å². The molecule has 7 nitrogen and oxygen atoms in total. The Balaban J connectivity index is 0.00000280. The van der Waals surface area contributed by atoms with Crippen molar-refractivity contribution in [3.8, 4) is 5.75 Å². The molecule has 0 aliphatic carbocycles. The van der Waals surface area contributed by atoms with Gasteiger partial charge in [0.15, 0.2) is 0 Å². The Labute approximate surface area is 171 Å². The highest BCUT2D eigenvalue weighted by molar-refractivity contribution is 7.92. The number of benzene rings is 2. The molecule has 0 radical (unpaired) electrons. The standard InChI is InChI=1S/C19H23N3O4S.ClH/c1-26-15-8-10-16(11-9-15)27(24,25)22-18-7-3-2-6-17(18)19(23)21-14-5-4-12-20-13-14;/h2-3,6-11,14,20,22H,4-5,12-13H2,1H3,(H,21,23);1H/t14-;/m0./s1. The topological polar surface area (TPSA) is 96.5 Å². The maximum absolute atomic E-state index is 12.7. The third-order valence-corrected chi connectivity index (χ3v) is 5.80. The Hall–Kier alpha value is -2.29. The molecule has 1 fully saturated rings. The van der Waals surface area contributed by atoms with Crippen LogP contribution in [0.1, 0.15) is 23.2 Å². The summed E-state index contributed by atoms with van der Waals surface area (Å²) >= 11 is 0. The number of piperidine rings is 1. The molecule has 0 bridgehead atoms. The fourth-order valence-electron chi connectivity index (χ4n) is 2.97. The van der Waals surface area contributed by atoms with E-state index < -0.39 is 10.0 Å². The second kappa shape index (κ2) is 9.77. The first-order valence-electron chi connectivity index (χ1n) is 8.77. The lowest BCUT2D eigenvalue weighted by Gasteiger charge is -2.24. The Morgan fingerprint density at radius 2 is 1.86 bits per heavy atom. The molecule has 3 N–H and O–H groups in total. The first-order valence-corrected chi connectivity index (χ1v) is 10.3. The van der Waals surface area contributed by atoms with E-state index in [9.17, 15) is 13.2 Å². The molecule has 0 unspecified atom stereocenters. The molecule has 0 saturated carbocycles. The summed E-state index contributed by atoms with van der Waals surface area (Å²) in [5, 5.41) is 6.20. The molecule has 2 aromatic rings. The summed E-state index contributed by atoms with van der Waals surface area (Å²) in [4.78, 5) is 12.7. The normalized spacial score (nSPS) is 16.5. The zero-order valence-electron chi connectivity index (χ0n) is 15.5. The number of carbonyl (C=O) groups is 1. The summed E-state index contributed by atoms with van der Waals surface area (Å²) in [6.45, 7) is 1.66. The van der Waals surface area contributed by atoms with Crippen molar-refractivity contribution in [3.63, 3.8) is 0 Å². The van der Waals surface area contributed by atoms with Crippen LogP contribution >= 0.6 is 12.4 Å². The van der Waals surface area contributed by atoms with E-state index >= 15 is 0 Å². The van der Waals surface area contributed by atoms with Gasteiger partial charge in [0.2, 0.25) is 0 Å². The van der Waals surface area contributed by atoms with Crippen molar-refractivity contribution in [1.29, 1.82) is 0 Å². The number of carbonyl (C=O) groups excluding carboxylic acids is 1. The van der Waals surface area contributed by atoms with Crippen molar-refractivity contribution < 1.29 is 17.9 Å². The molecule has 0 spiro atoms. The van der Waals surface area contributed by atoms with Gasteiger partial charge in [-0.2, -0.15) is 0 Å². The van der Waals surface area contributed by atoms with Crippen LogP contribution in [0.25, 0.3) is 0 Å². The SMILES string of the molecule is COc1ccc(S(=O)(=O)Nc2ccccc2C(=O)N[C@H]2CCCNC2)cc1.Cl. The molecule has 1 heterocycles. The van der Waals surface area contributed by atoms with Crippen molar-refractivity contribution in [2.45, 2.75) is 23.8 Å². The second-order valence-electron chi connectivity index (χ2n) is 6.34. The van der Waals surface area contributed by atoms with Gasteiger partial charge in [-0.15, -0.1) is 12.4 Å². The number of hydrogen-bond acceptors (Lipinski definition) is 5. The number of amides is 1. The lowest BCUT2D eigenvalue weighted by Crippen LogP contribution is -2.45. The van der Waals surface area contributed by atoms with Gasteiger partial charge in [0.25, 0.3) is 15.9 Å². The smallest absolute Gasteiger partial charge is 0.261 e. The molecule has 3 rings (SSSR count). The summed E-state index contributed by atoms with van der Waals surface area (Å²) in [5.41, 5.74) is 0.537. The molecule has 1 atom stereocenters. The van der Waals surface area contributed by atoms with E-state index in [-0.39, 0.29) is 34.9 Å². The fourth-order valence-corrected chi connectivity index (χ4v) is 4.05. The van der Waals surface area contributed by atoms with Crippen molar-refractivity contribution in [1.82, 2.24) is 10.6 Å². The van der Waals surface area contributed by atoms with Crippen LogP contribution in [0.3, 0.4) is 0 Å². The van der Waals surface area contributed by atoms with Gasteiger partial charge in [0.05, 0.1) is 23.3 Å². The summed E-state index contributed by atoms with van der Waals surface area (Å²) in [7, 11) is -2.31. The first kappa shape index (κ1) is 22.0. The average Bonchev–Trinajstić information content (AvgIpc) is 2.69. The van der Waals surface area contributed by atoms with Crippen molar-refractivity contribution >= 4 is 34.0 Å². The number of ether oxygens (including phenoxy) is 1. The Kier molecular flexibility index (Phi) is 7.68. The third kappa shape index (κ3) is 5.37. The third-order valence-electron chi connectivity index (χ3n) is 4.42. The minimum atomic E-state index is -3.83. The lowest BCUT2D eigenvalue weighted by molar-refractivity contribution is 0.0931. The zero-order valence-corrected chi connectivity index (χ0v) is 17.1. The van der Waals surface area contributed by atoms with E-state index in [0.29, 0.717) is 17.9 Å². The molecule has 1 aliphatic rings. The highest BCUT2D eigenvalue weighted by Crippen LogP contribution is 2.22. The average molecular weight is 426 g/mol. The van der Waals surface area contributed by atoms with E-state index in [1.54, 1.807) is 36.4 Å². The molecule has 152 valence electrons. The zero-order chi connectivity index (χ0) is 19.3. The van der Waals surface area contributed by atoms with Gasteiger partial charge >= 0.3 is 0 Å². The summed E-state index contributed by atoms with van der Waals surface area (Å²) in [6, 6.07) is 12.7. The molecular formula is C19H24ClN3O4S. The van der Waals surface area contributed by atoms with Crippen molar-refractivity contribution in [2.24, 2.45) is 0 Å². The molecule has 1 saturated heterocycles. The van der Waals surface area contributed by atoms with E-state index in [4.69, 9.17) is 4.74 Å². The van der Waals surface area contributed by atoms with Crippen molar-refractivity contribution in [2.75, 3.05) is 24.9 Å². The molecular weight excluding hydrogens is 402 g/mol. The molecule has 0 aromatic heterocycles. The van der Waals surface area contributed by atoms with Crippen LogP contribution in [0.4, 0.5) is 5.69 Å². The quantitative estimate of drug-likeness (QED) is 0.660. The molecule has 1 aliphatic heterocycles. The predicted molar refractivity (Wildman–Crippen MR) is 111 cm³/mol.